The number of primary amides is 1. The summed E-state index contributed by atoms with van der Waals surface area (Å²) in [6.07, 6.45) is 0. The number of hydrogen-bond acceptors (Lipinski definition) is 4. The second-order valence-electron chi connectivity index (χ2n) is 6.26. The number of hydrogen-bond donors (Lipinski definition) is 3. The van der Waals surface area contributed by atoms with Gasteiger partial charge >= 0.3 is 0 Å². The normalized spacial score (nSPS) is 10.5. The van der Waals surface area contributed by atoms with Gasteiger partial charge in [-0.05, 0) is 49.4 Å². The van der Waals surface area contributed by atoms with Crippen molar-refractivity contribution in [2.45, 2.75) is 6.92 Å². The number of nitrogens with two attached hydrogens (primary N) is 1. The van der Waals surface area contributed by atoms with Crippen molar-refractivity contribution in [1.29, 1.82) is 0 Å². The topological polar surface area (TPSA) is 119 Å². The number of halogens is 2. The van der Waals surface area contributed by atoms with Crippen molar-refractivity contribution in [2.75, 3.05) is 12.4 Å². The van der Waals surface area contributed by atoms with E-state index >= 15 is 0 Å². The fraction of sp³-hybridized carbons (Fsp3) is 0.100. The van der Waals surface area contributed by atoms with Crippen LogP contribution in [-0.4, -0.2) is 34.3 Å². The molecule has 2 aromatic carbocycles. The molecule has 3 amide bonds. The maximum absolute atomic E-state index is 13.2. The zero-order chi connectivity index (χ0) is 22.0. The van der Waals surface area contributed by atoms with E-state index in [2.05, 4.69) is 15.6 Å². The summed E-state index contributed by atoms with van der Waals surface area (Å²) in [5.74, 6) is -2.01. The molecule has 1 heterocycles. The Kier molecular flexibility index (Phi) is 5.84. The van der Waals surface area contributed by atoms with E-state index in [9.17, 15) is 18.8 Å². The fourth-order valence-electron chi connectivity index (χ4n) is 2.92. The summed E-state index contributed by atoms with van der Waals surface area (Å²) in [7, 11) is 1.42. The molecule has 0 unspecified atom stereocenters. The molecule has 0 spiro atoms. The average molecular weight is 430 g/mol. The van der Waals surface area contributed by atoms with Crippen LogP contribution in [-0.2, 0) is 0 Å². The number of imidazole rings is 1. The molecule has 0 saturated heterocycles. The predicted octanol–water partition coefficient (Wildman–Crippen LogP) is 2.68. The number of nitrogens with zero attached hydrogens (tertiary/aromatic N) is 2. The molecule has 3 rings (SSSR count). The van der Waals surface area contributed by atoms with E-state index < -0.39 is 23.5 Å². The Morgan fingerprint density at radius 1 is 1.10 bits per heavy atom. The van der Waals surface area contributed by atoms with Crippen LogP contribution >= 0.6 is 11.6 Å². The maximum atomic E-state index is 13.2. The van der Waals surface area contributed by atoms with E-state index in [0.717, 1.165) is 12.1 Å². The first kappa shape index (κ1) is 21.0. The Morgan fingerprint density at radius 3 is 2.33 bits per heavy atom. The number of carbonyl (C=O) groups excluding carboxylic acids is 3. The highest BCUT2D eigenvalue weighted by atomic mass is 35.5. The largest absolute Gasteiger partial charge is 0.364 e. The smallest absolute Gasteiger partial charge is 0.272 e. The summed E-state index contributed by atoms with van der Waals surface area (Å²) >= 11 is 5.91. The van der Waals surface area contributed by atoms with Gasteiger partial charge in [-0.1, -0.05) is 11.6 Å². The van der Waals surface area contributed by atoms with Gasteiger partial charge in [0.2, 0.25) is 0 Å². The predicted molar refractivity (Wildman–Crippen MR) is 110 cm³/mol. The van der Waals surface area contributed by atoms with Crippen LogP contribution in [0.2, 0.25) is 5.02 Å². The minimum Gasteiger partial charge on any atom is -0.364 e. The van der Waals surface area contributed by atoms with Gasteiger partial charge in [0, 0.05) is 18.4 Å². The van der Waals surface area contributed by atoms with Gasteiger partial charge in [-0.3, -0.25) is 19.0 Å². The summed E-state index contributed by atoms with van der Waals surface area (Å²) in [6.45, 7) is 1.63. The molecule has 4 N–H and O–H groups in total. The van der Waals surface area contributed by atoms with Crippen molar-refractivity contribution < 1.29 is 18.8 Å². The van der Waals surface area contributed by atoms with Crippen molar-refractivity contribution >= 4 is 35.0 Å². The molecular weight excluding hydrogens is 413 g/mol. The van der Waals surface area contributed by atoms with E-state index in [4.69, 9.17) is 17.3 Å². The molecule has 0 saturated carbocycles. The van der Waals surface area contributed by atoms with E-state index in [1.807, 2.05) is 0 Å². The third-order valence-electron chi connectivity index (χ3n) is 4.28. The second kappa shape index (κ2) is 8.34. The number of aromatic nitrogens is 2. The van der Waals surface area contributed by atoms with Crippen LogP contribution in [0.25, 0.3) is 5.69 Å². The minimum atomic E-state index is -0.808. The number of anilines is 1. The van der Waals surface area contributed by atoms with Crippen LogP contribution in [0.3, 0.4) is 0 Å². The van der Waals surface area contributed by atoms with Crippen molar-refractivity contribution in [1.82, 2.24) is 14.9 Å². The fourth-order valence-corrected chi connectivity index (χ4v) is 3.17. The van der Waals surface area contributed by atoms with E-state index in [-0.39, 0.29) is 22.0 Å². The third-order valence-corrected chi connectivity index (χ3v) is 4.59. The summed E-state index contributed by atoms with van der Waals surface area (Å²) < 4.78 is 14.6. The number of carbonyl (C=O) groups is 3. The first-order chi connectivity index (χ1) is 14.2. The van der Waals surface area contributed by atoms with Gasteiger partial charge in [-0.15, -0.1) is 0 Å². The monoisotopic (exact) mass is 429 g/mol. The highest BCUT2D eigenvalue weighted by molar-refractivity contribution is 6.34. The Bertz CT molecular complexity index is 1160. The third kappa shape index (κ3) is 4.01. The molecule has 8 nitrogen and oxygen atoms in total. The molecule has 30 heavy (non-hydrogen) atoms. The number of aryl methyl sites for hydroxylation is 1. The van der Waals surface area contributed by atoms with Gasteiger partial charge in [-0.2, -0.15) is 0 Å². The Balaban J connectivity index is 1.91. The Hall–Kier alpha value is -3.72. The van der Waals surface area contributed by atoms with Crippen LogP contribution in [0.15, 0.2) is 42.5 Å². The summed E-state index contributed by atoms with van der Waals surface area (Å²) in [5.41, 5.74) is 6.41. The van der Waals surface area contributed by atoms with Crippen LogP contribution < -0.4 is 16.4 Å². The number of amides is 3. The zero-order valence-corrected chi connectivity index (χ0v) is 16.7. The maximum Gasteiger partial charge on any atom is 0.272 e. The molecule has 0 atom stereocenters. The number of nitrogens with one attached hydrogen (secondary N) is 2. The van der Waals surface area contributed by atoms with Gasteiger partial charge in [-0.25, -0.2) is 9.37 Å². The van der Waals surface area contributed by atoms with Gasteiger partial charge in [0.25, 0.3) is 17.7 Å². The van der Waals surface area contributed by atoms with Crippen molar-refractivity contribution in [3.05, 3.63) is 76.1 Å². The molecule has 0 aliphatic heterocycles. The van der Waals surface area contributed by atoms with Crippen LogP contribution in [0.5, 0.6) is 0 Å². The SMILES string of the molecule is CNC(=O)c1nc(C)n(-c2ccc(NC(=O)c3ccc(F)cc3Cl)cc2)c1C(N)=O. The van der Waals surface area contributed by atoms with E-state index in [1.54, 1.807) is 31.2 Å². The van der Waals surface area contributed by atoms with E-state index in [1.165, 1.54) is 17.7 Å². The lowest BCUT2D eigenvalue weighted by Gasteiger charge is -2.11. The molecule has 0 bridgehead atoms. The molecule has 10 heteroatoms. The number of benzene rings is 2. The van der Waals surface area contributed by atoms with Crippen LogP contribution in [0.4, 0.5) is 10.1 Å². The lowest BCUT2D eigenvalue weighted by Crippen LogP contribution is -2.25. The minimum absolute atomic E-state index is 0.00834. The average Bonchev–Trinajstić information content (AvgIpc) is 3.05. The van der Waals surface area contributed by atoms with Crippen molar-refractivity contribution in [3.8, 4) is 5.69 Å². The van der Waals surface area contributed by atoms with E-state index in [0.29, 0.717) is 17.2 Å². The van der Waals surface area contributed by atoms with Gasteiger partial charge < -0.3 is 16.4 Å². The first-order valence-electron chi connectivity index (χ1n) is 8.71. The van der Waals surface area contributed by atoms with Gasteiger partial charge in [0.05, 0.1) is 10.6 Å². The standard InChI is InChI=1S/C20H17ClFN5O3/c1-10-25-16(20(30)24-2)17(18(23)28)27(10)13-6-4-12(5-7-13)26-19(29)14-8-3-11(22)9-15(14)21/h3-9H,1-2H3,(H2,23,28)(H,24,30)(H,26,29). The van der Waals surface area contributed by atoms with Crippen LogP contribution in [0, 0.1) is 12.7 Å². The molecular formula is C20H17ClFN5O3. The Labute approximate surface area is 175 Å². The Morgan fingerprint density at radius 2 is 1.77 bits per heavy atom. The first-order valence-corrected chi connectivity index (χ1v) is 9.08. The lowest BCUT2D eigenvalue weighted by atomic mass is 10.2. The quantitative estimate of drug-likeness (QED) is 0.577. The molecule has 0 fully saturated rings. The lowest BCUT2D eigenvalue weighted by molar-refractivity contribution is 0.0937. The van der Waals surface area contributed by atoms with Gasteiger partial charge in [0.1, 0.15) is 17.3 Å². The van der Waals surface area contributed by atoms with Crippen LogP contribution in [0.1, 0.15) is 37.2 Å². The highest BCUT2D eigenvalue weighted by Crippen LogP contribution is 2.22. The second-order valence-corrected chi connectivity index (χ2v) is 6.67. The molecule has 0 aliphatic rings. The summed E-state index contributed by atoms with van der Waals surface area (Å²) in [5, 5.41) is 5.07. The molecule has 154 valence electrons. The number of rotatable bonds is 5. The highest BCUT2D eigenvalue weighted by Gasteiger charge is 2.24. The molecule has 0 radical (unpaired) electrons. The molecule has 3 aromatic rings. The summed E-state index contributed by atoms with van der Waals surface area (Å²) in [4.78, 5) is 40.5. The summed E-state index contributed by atoms with van der Waals surface area (Å²) in [6, 6.07) is 9.91. The molecule has 1 aromatic heterocycles. The van der Waals surface area contributed by atoms with Crippen molar-refractivity contribution in [2.24, 2.45) is 5.73 Å². The zero-order valence-electron chi connectivity index (χ0n) is 16.0. The van der Waals surface area contributed by atoms with Crippen molar-refractivity contribution in [3.63, 3.8) is 0 Å². The van der Waals surface area contributed by atoms with Gasteiger partial charge in [0.15, 0.2) is 5.69 Å². The molecule has 0 aliphatic carbocycles.